The van der Waals surface area contributed by atoms with Gasteiger partial charge in [0.2, 0.25) is 10.0 Å². The SMILES string of the molecule is Cc1c(CN)cccc1S(=O)(=O)NCC1CCCCC1C. The second-order valence-corrected chi connectivity index (χ2v) is 7.85. The van der Waals surface area contributed by atoms with Gasteiger partial charge in [-0.2, -0.15) is 0 Å². The van der Waals surface area contributed by atoms with E-state index in [2.05, 4.69) is 11.6 Å². The number of nitrogens with one attached hydrogen (secondary N) is 1. The van der Waals surface area contributed by atoms with Crippen LogP contribution < -0.4 is 10.5 Å². The molecule has 0 spiro atoms. The molecular weight excluding hydrogens is 284 g/mol. The summed E-state index contributed by atoms with van der Waals surface area (Å²) in [7, 11) is -3.45. The van der Waals surface area contributed by atoms with Crippen molar-refractivity contribution in [3.8, 4) is 0 Å². The summed E-state index contributed by atoms with van der Waals surface area (Å²) in [6.45, 7) is 4.93. The van der Waals surface area contributed by atoms with E-state index in [1.807, 2.05) is 13.0 Å². The number of hydrogen-bond acceptors (Lipinski definition) is 3. The molecule has 21 heavy (non-hydrogen) atoms. The van der Waals surface area contributed by atoms with Gasteiger partial charge in [0.25, 0.3) is 0 Å². The molecule has 1 aliphatic carbocycles. The molecule has 0 radical (unpaired) electrons. The maximum atomic E-state index is 12.5. The van der Waals surface area contributed by atoms with E-state index in [1.54, 1.807) is 12.1 Å². The molecule has 3 N–H and O–H groups in total. The Bertz CT molecular complexity index is 584. The van der Waals surface area contributed by atoms with E-state index in [0.29, 0.717) is 29.8 Å². The van der Waals surface area contributed by atoms with Crippen molar-refractivity contribution in [2.45, 2.75) is 51.0 Å². The third-order valence-electron chi connectivity index (χ3n) is 4.73. The number of nitrogens with two attached hydrogens (primary N) is 1. The van der Waals surface area contributed by atoms with E-state index in [9.17, 15) is 8.42 Å². The molecule has 118 valence electrons. The molecule has 1 aliphatic rings. The average Bonchev–Trinajstić information content (AvgIpc) is 2.46. The molecule has 2 unspecified atom stereocenters. The van der Waals surface area contributed by atoms with E-state index in [-0.39, 0.29) is 0 Å². The number of benzene rings is 1. The molecule has 0 aliphatic heterocycles. The topological polar surface area (TPSA) is 72.2 Å². The van der Waals surface area contributed by atoms with Crippen molar-refractivity contribution >= 4 is 10.0 Å². The van der Waals surface area contributed by atoms with Crippen LogP contribution in [0, 0.1) is 18.8 Å². The molecule has 0 saturated heterocycles. The highest BCUT2D eigenvalue weighted by atomic mass is 32.2. The fourth-order valence-corrected chi connectivity index (χ4v) is 4.54. The quantitative estimate of drug-likeness (QED) is 0.878. The van der Waals surface area contributed by atoms with Gasteiger partial charge in [-0.15, -0.1) is 0 Å². The van der Waals surface area contributed by atoms with E-state index in [0.717, 1.165) is 17.5 Å². The molecule has 1 aromatic rings. The summed E-state index contributed by atoms with van der Waals surface area (Å²) in [6.07, 6.45) is 4.79. The van der Waals surface area contributed by atoms with E-state index in [4.69, 9.17) is 5.73 Å². The third-order valence-corrected chi connectivity index (χ3v) is 6.30. The van der Waals surface area contributed by atoms with Crippen LogP contribution in [0.5, 0.6) is 0 Å². The van der Waals surface area contributed by atoms with Gasteiger partial charge in [-0.05, 0) is 42.4 Å². The summed E-state index contributed by atoms with van der Waals surface area (Å²) in [5.74, 6) is 1.05. The average molecular weight is 310 g/mol. The maximum absolute atomic E-state index is 12.5. The van der Waals surface area contributed by atoms with Gasteiger partial charge in [-0.25, -0.2) is 13.1 Å². The largest absolute Gasteiger partial charge is 0.326 e. The minimum absolute atomic E-state index is 0.355. The standard InChI is InChI=1S/C16H26N2O2S/c1-12-6-3-4-7-15(12)11-18-21(19,20)16-9-5-8-14(10-17)13(16)2/h5,8-9,12,15,18H,3-4,6-7,10-11,17H2,1-2H3. The van der Waals surface area contributed by atoms with Crippen LogP contribution in [0.4, 0.5) is 0 Å². The molecule has 2 rings (SSSR count). The fraction of sp³-hybridized carbons (Fsp3) is 0.625. The normalized spacial score (nSPS) is 23.2. The molecule has 0 bridgehead atoms. The summed E-state index contributed by atoms with van der Waals surface area (Å²) in [5, 5.41) is 0. The summed E-state index contributed by atoms with van der Waals surface area (Å²) in [6, 6.07) is 5.28. The van der Waals surface area contributed by atoms with E-state index < -0.39 is 10.0 Å². The molecule has 0 heterocycles. The van der Waals surface area contributed by atoms with Crippen LogP contribution in [0.2, 0.25) is 0 Å². The van der Waals surface area contributed by atoms with Crippen molar-refractivity contribution in [2.24, 2.45) is 17.6 Å². The molecule has 0 aromatic heterocycles. The highest BCUT2D eigenvalue weighted by Crippen LogP contribution is 2.29. The molecule has 4 nitrogen and oxygen atoms in total. The molecule has 1 fully saturated rings. The van der Waals surface area contributed by atoms with Gasteiger partial charge >= 0.3 is 0 Å². The van der Waals surface area contributed by atoms with Crippen LogP contribution in [-0.4, -0.2) is 15.0 Å². The van der Waals surface area contributed by atoms with Crippen LogP contribution in [0.1, 0.15) is 43.7 Å². The van der Waals surface area contributed by atoms with Crippen molar-refractivity contribution in [1.82, 2.24) is 4.72 Å². The zero-order chi connectivity index (χ0) is 15.5. The van der Waals surface area contributed by atoms with Gasteiger partial charge < -0.3 is 5.73 Å². The number of rotatable bonds is 5. The Morgan fingerprint density at radius 3 is 2.67 bits per heavy atom. The summed E-state index contributed by atoms with van der Waals surface area (Å²) < 4.78 is 27.8. The molecular formula is C16H26N2O2S. The minimum Gasteiger partial charge on any atom is -0.326 e. The van der Waals surface area contributed by atoms with Gasteiger partial charge in [-0.3, -0.25) is 0 Å². The monoisotopic (exact) mass is 310 g/mol. The van der Waals surface area contributed by atoms with Crippen molar-refractivity contribution in [3.63, 3.8) is 0 Å². The molecule has 2 atom stereocenters. The van der Waals surface area contributed by atoms with Crippen LogP contribution in [0.15, 0.2) is 23.1 Å². The zero-order valence-electron chi connectivity index (χ0n) is 12.9. The fourth-order valence-electron chi connectivity index (χ4n) is 3.16. The Morgan fingerprint density at radius 2 is 2.00 bits per heavy atom. The van der Waals surface area contributed by atoms with E-state index in [1.165, 1.54) is 19.3 Å². The predicted molar refractivity (Wildman–Crippen MR) is 85.4 cm³/mol. The Balaban J connectivity index is 2.11. The second kappa shape index (κ2) is 6.90. The summed E-state index contributed by atoms with van der Waals surface area (Å²) in [5.41, 5.74) is 7.29. The van der Waals surface area contributed by atoms with Crippen molar-refractivity contribution in [2.75, 3.05) is 6.54 Å². The van der Waals surface area contributed by atoms with Crippen LogP contribution in [0.3, 0.4) is 0 Å². The first-order chi connectivity index (χ1) is 9.95. The van der Waals surface area contributed by atoms with Crippen LogP contribution in [-0.2, 0) is 16.6 Å². The second-order valence-electron chi connectivity index (χ2n) is 6.12. The van der Waals surface area contributed by atoms with Crippen molar-refractivity contribution in [1.29, 1.82) is 0 Å². The van der Waals surface area contributed by atoms with Crippen LogP contribution in [0.25, 0.3) is 0 Å². The lowest BCUT2D eigenvalue weighted by Crippen LogP contribution is -2.33. The molecule has 5 heteroatoms. The number of sulfonamides is 1. The number of hydrogen-bond donors (Lipinski definition) is 2. The summed E-state index contributed by atoms with van der Waals surface area (Å²) in [4.78, 5) is 0.355. The minimum atomic E-state index is -3.45. The molecule has 1 aromatic carbocycles. The first kappa shape index (κ1) is 16.5. The van der Waals surface area contributed by atoms with Crippen molar-refractivity contribution in [3.05, 3.63) is 29.3 Å². The lowest BCUT2D eigenvalue weighted by atomic mass is 9.81. The zero-order valence-corrected chi connectivity index (χ0v) is 13.7. The third kappa shape index (κ3) is 3.84. The Hall–Kier alpha value is -0.910. The Kier molecular flexibility index (Phi) is 5.41. The van der Waals surface area contributed by atoms with Gasteiger partial charge in [0.1, 0.15) is 0 Å². The van der Waals surface area contributed by atoms with Gasteiger partial charge in [0.15, 0.2) is 0 Å². The Morgan fingerprint density at radius 1 is 1.29 bits per heavy atom. The van der Waals surface area contributed by atoms with Crippen molar-refractivity contribution < 1.29 is 8.42 Å². The van der Waals surface area contributed by atoms with E-state index >= 15 is 0 Å². The van der Waals surface area contributed by atoms with Crippen LogP contribution >= 0.6 is 0 Å². The lowest BCUT2D eigenvalue weighted by molar-refractivity contribution is 0.257. The first-order valence-corrected chi connectivity index (χ1v) is 9.22. The van der Waals surface area contributed by atoms with Gasteiger partial charge in [0, 0.05) is 13.1 Å². The highest BCUT2D eigenvalue weighted by molar-refractivity contribution is 7.89. The van der Waals surface area contributed by atoms with Gasteiger partial charge in [-0.1, -0.05) is 38.3 Å². The predicted octanol–water partition coefficient (Wildman–Crippen LogP) is 2.56. The lowest BCUT2D eigenvalue weighted by Gasteiger charge is -2.28. The molecule has 1 saturated carbocycles. The molecule has 0 amide bonds. The van der Waals surface area contributed by atoms with Gasteiger partial charge in [0.05, 0.1) is 4.90 Å². The smallest absolute Gasteiger partial charge is 0.240 e. The maximum Gasteiger partial charge on any atom is 0.240 e. The summed E-state index contributed by atoms with van der Waals surface area (Å²) >= 11 is 0. The first-order valence-electron chi connectivity index (χ1n) is 7.74. The Labute approximate surface area is 128 Å². The highest BCUT2D eigenvalue weighted by Gasteiger charge is 2.24.